The molecule has 1 aliphatic carbocycles. The van der Waals surface area contributed by atoms with Crippen molar-refractivity contribution in [1.82, 2.24) is 5.32 Å². The predicted molar refractivity (Wildman–Crippen MR) is 59.0 cm³/mol. The van der Waals surface area contributed by atoms with Crippen LogP contribution in [0, 0.1) is 11.6 Å². The van der Waals surface area contributed by atoms with Crippen LogP contribution in [0.15, 0.2) is 18.2 Å². The molecule has 0 heterocycles. The molecule has 1 saturated carbocycles. The molecule has 0 aliphatic heterocycles. The summed E-state index contributed by atoms with van der Waals surface area (Å²) < 4.78 is 37.0. The molecule has 0 spiro atoms. The van der Waals surface area contributed by atoms with E-state index in [1.54, 1.807) is 7.11 Å². The maximum Gasteiger partial charge on any atom is 0.200 e. The largest absolute Gasteiger partial charge is 0.484 e. The molecule has 0 saturated heterocycles. The first-order valence-electron chi connectivity index (χ1n) is 5.48. The molecule has 3 unspecified atom stereocenters. The molecule has 0 radical (unpaired) electrons. The van der Waals surface area contributed by atoms with Gasteiger partial charge in [0, 0.05) is 19.6 Å². The second-order valence-corrected chi connectivity index (χ2v) is 4.04. The number of rotatable bonds is 4. The SMILES string of the molecule is CNC1CC(Oc2cccc(F)c2F)C1OC. The van der Waals surface area contributed by atoms with Crippen molar-refractivity contribution in [3.8, 4) is 5.75 Å². The van der Waals surface area contributed by atoms with Crippen molar-refractivity contribution in [3.05, 3.63) is 29.8 Å². The van der Waals surface area contributed by atoms with Crippen LogP contribution in [0.4, 0.5) is 8.78 Å². The van der Waals surface area contributed by atoms with E-state index in [1.165, 1.54) is 12.1 Å². The first-order valence-corrected chi connectivity index (χ1v) is 5.48. The van der Waals surface area contributed by atoms with Crippen LogP contribution in [-0.4, -0.2) is 32.4 Å². The van der Waals surface area contributed by atoms with Gasteiger partial charge < -0.3 is 14.8 Å². The van der Waals surface area contributed by atoms with Gasteiger partial charge in [-0.25, -0.2) is 4.39 Å². The van der Waals surface area contributed by atoms with Crippen molar-refractivity contribution in [2.75, 3.05) is 14.2 Å². The van der Waals surface area contributed by atoms with Gasteiger partial charge >= 0.3 is 0 Å². The Kier molecular flexibility index (Phi) is 3.59. The third-order valence-corrected chi connectivity index (χ3v) is 3.09. The standard InChI is InChI=1S/C12H15F2NO2/c1-15-8-6-10(12(8)16-2)17-9-5-3-4-7(13)11(9)14/h3-5,8,10,12,15H,6H2,1-2H3. The topological polar surface area (TPSA) is 30.5 Å². The van der Waals surface area contributed by atoms with Gasteiger partial charge in [-0.2, -0.15) is 4.39 Å². The Balaban J connectivity index is 2.05. The lowest BCUT2D eigenvalue weighted by Gasteiger charge is -2.42. The van der Waals surface area contributed by atoms with E-state index in [1.807, 2.05) is 7.05 Å². The molecule has 94 valence electrons. The summed E-state index contributed by atoms with van der Waals surface area (Å²) in [6.07, 6.45) is 0.335. The molecular formula is C12H15F2NO2. The van der Waals surface area contributed by atoms with Crippen molar-refractivity contribution >= 4 is 0 Å². The van der Waals surface area contributed by atoms with E-state index in [0.717, 1.165) is 6.07 Å². The van der Waals surface area contributed by atoms with Gasteiger partial charge in [0.05, 0.1) is 0 Å². The highest BCUT2D eigenvalue weighted by atomic mass is 19.2. The fraction of sp³-hybridized carbons (Fsp3) is 0.500. The van der Waals surface area contributed by atoms with Crippen LogP contribution in [0.5, 0.6) is 5.75 Å². The van der Waals surface area contributed by atoms with Crippen LogP contribution in [-0.2, 0) is 4.74 Å². The van der Waals surface area contributed by atoms with E-state index in [0.29, 0.717) is 6.42 Å². The minimum absolute atomic E-state index is 0.0633. The van der Waals surface area contributed by atoms with Gasteiger partial charge in [-0.1, -0.05) is 6.07 Å². The molecule has 0 amide bonds. The van der Waals surface area contributed by atoms with Crippen LogP contribution < -0.4 is 10.1 Å². The summed E-state index contributed by atoms with van der Waals surface area (Å²) in [5, 5.41) is 3.07. The normalized spacial score (nSPS) is 27.6. The minimum Gasteiger partial charge on any atom is -0.484 e. The van der Waals surface area contributed by atoms with Gasteiger partial charge in [0.15, 0.2) is 11.6 Å². The molecular weight excluding hydrogens is 228 g/mol. The molecule has 17 heavy (non-hydrogen) atoms. The Hall–Kier alpha value is -1.20. The molecule has 1 N–H and O–H groups in total. The second kappa shape index (κ2) is 4.98. The Labute approximate surface area is 98.7 Å². The third kappa shape index (κ3) is 2.25. The molecule has 3 atom stereocenters. The maximum atomic E-state index is 13.4. The highest BCUT2D eigenvalue weighted by Crippen LogP contribution is 2.30. The molecule has 1 aliphatic rings. The van der Waals surface area contributed by atoms with Gasteiger partial charge in [0.1, 0.15) is 12.2 Å². The van der Waals surface area contributed by atoms with Gasteiger partial charge in [-0.3, -0.25) is 0 Å². The van der Waals surface area contributed by atoms with E-state index in [2.05, 4.69) is 5.32 Å². The summed E-state index contributed by atoms with van der Waals surface area (Å²) in [6, 6.07) is 4.09. The average molecular weight is 243 g/mol. The smallest absolute Gasteiger partial charge is 0.200 e. The zero-order chi connectivity index (χ0) is 12.4. The van der Waals surface area contributed by atoms with Crippen LogP contribution in [0.25, 0.3) is 0 Å². The minimum atomic E-state index is -0.949. The quantitative estimate of drug-likeness (QED) is 0.873. The average Bonchev–Trinajstić information content (AvgIpc) is 2.29. The van der Waals surface area contributed by atoms with Crippen LogP contribution in [0.2, 0.25) is 0 Å². The van der Waals surface area contributed by atoms with Crippen molar-refractivity contribution in [2.24, 2.45) is 0 Å². The molecule has 2 rings (SSSR count). The third-order valence-electron chi connectivity index (χ3n) is 3.09. The first-order chi connectivity index (χ1) is 8.17. The summed E-state index contributed by atoms with van der Waals surface area (Å²) in [5.74, 6) is -1.91. The molecule has 1 aromatic carbocycles. The lowest BCUT2D eigenvalue weighted by Crippen LogP contribution is -2.60. The number of methoxy groups -OCH3 is 1. The molecule has 0 bridgehead atoms. The zero-order valence-electron chi connectivity index (χ0n) is 9.74. The fourth-order valence-electron chi connectivity index (χ4n) is 2.03. The van der Waals surface area contributed by atoms with Crippen LogP contribution >= 0.6 is 0 Å². The molecule has 3 nitrogen and oxygen atoms in total. The number of hydrogen-bond donors (Lipinski definition) is 1. The predicted octanol–water partition coefficient (Wildman–Crippen LogP) is 1.72. The van der Waals surface area contributed by atoms with E-state index in [4.69, 9.17) is 9.47 Å². The molecule has 1 aromatic rings. The molecule has 5 heteroatoms. The zero-order valence-corrected chi connectivity index (χ0v) is 9.74. The number of nitrogens with one attached hydrogen (secondary N) is 1. The Morgan fingerprint density at radius 2 is 2.12 bits per heavy atom. The number of halogens is 2. The van der Waals surface area contributed by atoms with Crippen molar-refractivity contribution in [3.63, 3.8) is 0 Å². The fourth-order valence-corrected chi connectivity index (χ4v) is 2.03. The summed E-state index contributed by atoms with van der Waals surface area (Å²) in [5.41, 5.74) is 0. The van der Waals surface area contributed by atoms with Gasteiger partial charge in [-0.15, -0.1) is 0 Å². The van der Waals surface area contributed by atoms with Crippen molar-refractivity contribution in [2.45, 2.75) is 24.7 Å². The van der Waals surface area contributed by atoms with E-state index in [9.17, 15) is 8.78 Å². The Bertz CT molecular complexity index is 400. The summed E-state index contributed by atoms with van der Waals surface area (Å²) in [7, 11) is 3.40. The molecule has 0 aromatic heterocycles. The lowest BCUT2D eigenvalue weighted by molar-refractivity contribution is -0.0881. The van der Waals surface area contributed by atoms with Gasteiger partial charge in [0.25, 0.3) is 0 Å². The van der Waals surface area contributed by atoms with Crippen LogP contribution in [0.1, 0.15) is 6.42 Å². The van der Waals surface area contributed by atoms with Crippen molar-refractivity contribution < 1.29 is 18.3 Å². The lowest BCUT2D eigenvalue weighted by atomic mass is 9.85. The summed E-state index contributed by atoms with van der Waals surface area (Å²) >= 11 is 0. The van der Waals surface area contributed by atoms with Crippen LogP contribution in [0.3, 0.4) is 0 Å². The first kappa shape index (κ1) is 12.3. The Morgan fingerprint density at radius 1 is 1.35 bits per heavy atom. The van der Waals surface area contributed by atoms with Gasteiger partial charge in [-0.05, 0) is 19.2 Å². The second-order valence-electron chi connectivity index (χ2n) is 4.04. The van der Waals surface area contributed by atoms with E-state index in [-0.39, 0.29) is 24.0 Å². The monoisotopic (exact) mass is 243 g/mol. The van der Waals surface area contributed by atoms with Gasteiger partial charge in [0.2, 0.25) is 5.82 Å². The summed E-state index contributed by atoms with van der Waals surface area (Å²) in [6.45, 7) is 0. The highest BCUT2D eigenvalue weighted by molar-refractivity contribution is 5.26. The van der Waals surface area contributed by atoms with E-state index >= 15 is 0 Å². The van der Waals surface area contributed by atoms with Crippen molar-refractivity contribution in [1.29, 1.82) is 0 Å². The van der Waals surface area contributed by atoms with E-state index < -0.39 is 11.6 Å². The number of likely N-dealkylation sites (N-methyl/N-ethyl adjacent to an activating group) is 1. The number of hydrogen-bond acceptors (Lipinski definition) is 3. The highest BCUT2D eigenvalue weighted by Gasteiger charge is 2.42. The molecule has 1 fully saturated rings. The maximum absolute atomic E-state index is 13.4. The Morgan fingerprint density at radius 3 is 2.76 bits per heavy atom. The number of ether oxygens (including phenoxy) is 2. The number of benzene rings is 1. The summed E-state index contributed by atoms with van der Waals surface area (Å²) in [4.78, 5) is 0.